The second-order valence-electron chi connectivity index (χ2n) is 6.17. The predicted molar refractivity (Wildman–Crippen MR) is 102 cm³/mol. The van der Waals surface area contributed by atoms with Crippen LogP contribution in [0.1, 0.15) is 12.5 Å². The molecule has 1 atom stereocenters. The summed E-state index contributed by atoms with van der Waals surface area (Å²) in [4.78, 5) is 29.6. The van der Waals surface area contributed by atoms with Crippen LogP contribution in [0, 0.1) is 6.92 Å². The van der Waals surface area contributed by atoms with E-state index in [1.807, 2.05) is 13.0 Å². The number of hydrogen-bond donors (Lipinski definition) is 2. The first-order valence-corrected chi connectivity index (χ1v) is 9.03. The van der Waals surface area contributed by atoms with Gasteiger partial charge in [0.1, 0.15) is 5.75 Å². The highest BCUT2D eigenvalue weighted by Gasteiger charge is 2.47. The molecule has 0 bridgehead atoms. The van der Waals surface area contributed by atoms with Gasteiger partial charge in [-0.1, -0.05) is 29.0 Å². The third-order valence-corrected chi connectivity index (χ3v) is 5.30. The van der Waals surface area contributed by atoms with E-state index in [9.17, 15) is 9.59 Å². The number of nitrogens with zero attached hydrogens (tertiary/aromatic N) is 1. The van der Waals surface area contributed by atoms with E-state index in [-0.39, 0.29) is 0 Å². The Morgan fingerprint density at radius 2 is 2.12 bits per heavy atom. The highest BCUT2D eigenvalue weighted by atomic mass is 35.5. The summed E-state index contributed by atoms with van der Waals surface area (Å²) in [5.41, 5.74) is 0.552. The fourth-order valence-corrected chi connectivity index (χ4v) is 3.79. The molecule has 0 saturated heterocycles. The van der Waals surface area contributed by atoms with Gasteiger partial charge in [-0.05, 0) is 49.7 Å². The molecule has 0 saturated carbocycles. The third-order valence-electron chi connectivity index (χ3n) is 4.13. The Kier molecular flexibility index (Phi) is 3.86. The van der Waals surface area contributed by atoms with Crippen LogP contribution in [0.2, 0.25) is 5.02 Å². The van der Waals surface area contributed by atoms with Crippen molar-refractivity contribution in [2.45, 2.75) is 19.4 Å². The number of aryl methyl sites for hydroxylation is 1. The molecule has 2 aromatic carbocycles. The number of halogens is 1. The van der Waals surface area contributed by atoms with Gasteiger partial charge in [-0.25, -0.2) is 4.98 Å². The average Bonchev–Trinajstić information content (AvgIpc) is 2.97. The molecule has 3 aromatic rings. The van der Waals surface area contributed by atoms with Crippen molar-refractivity contribution in [2.24, 2.45) is 0 Å². The lowest BCUT2D eigenvalue weighted by Crippen LogP contribution is -2.56. The van der Waals surface area contributed by atoms with Gasteiger partial charge in [0.05, 0.1) is 15.9 Å². The van der Waals surface area contributed by atoms with Crippen LogP contribution in [-0.4, -0.2) is 22.4 Å². The van der Waals surface area contributed by atoms with E-state index in [0.29, 0.717) is 21.6 Å². The number of carbonyl (C=O) groups is 2. The van der Waals surface area contributed by atoms with Crippen LogP contribution in [-0.2, 0) is 9.59 Å². The Balaban J connectivity index is 1.62. The molecule has 2 heterocycles. The van der Waals surface area contributed by atoms with Crippen LogP contribution in [0.3, 0.4) is 0 Å². The van der Waals surface area contributed by atoms with Gasteiger partial charge < -0.3 is 10.1 Å². The van der Waals surface area contributed by atoms with Crippen molar-refractivity contribution in [2.75, 3.05) is 10.6 Å². The summed E-state index contributed by atoms with van der Waals surface area (Å²) in [5, 5.41) is 6.37. The number of benzene rings is 2. The fourth-order valence-electron chi connectivity index (χ4n) is 2.66. The van der Waals surface area contributed by atoms with E-state index < -0.39 is 17.4 Å². The summed E-state index contributed by atoms with van der Waals surface area (Å²) in [6, 6.07) is 10.7. The lowest BCUT2D eigenvalue weighted by atomic mass is 10.0. The Labute approximate surface area is 158 Å². The highest BCUT2D eigenvalue weighted by Crippen LogP contribution is 2.35. The molecule has 0 aliphatic carbocycles. The predicted octanol–water partition coefficient (Wildman–Crippen LogP) is 3.99. The Morgan fingerprint density at radius 3 is 2.92 bits per heavy atom. The summed E-state index contributed by atoms with van der Waals surface area (Å²) in [6.07, 6.45) is 0. The topological polar surface area (TPSA) is 80.3 Å². The molecule has 132 valence electrons. The maximum absolute atomic E-state index is 12.8. The van der Waals surface area contributed by atoms with Gasteiger partial charge in [0.25, 0.3) is 17.4 Å². The zero-order valence-electron chi connectivity index (χ0n) is 13.9. The molecule has 4 rings (SSSR count). The van der Waals surface area contributed by atoms with Gasteiger partial charge in [0.2, 0.25) is 0 Å². The molecule has 1 unspecified atom stereocenters. The number of hydrogen-bond acceptors (Lipinski definition) is 5. The second kappa shape index (κ2) is 5.96. The minimum Gasteiger partial charge on any atom is -0.466 e. The van der Waals surface area contributed by atoms with Crippen molar-refractivity contribution in [3.05, 3.63) is 47.0 Å². The van der Waals surface area contributed by atoms with E-state index in [2.05, 4.69) is 15.6 Å². The number of fused-ring (bicyclic) bond motifs is 2. The molecule has 2 amide bonds. The molecule has 1 aliphatic heterocycles. The minimum absolute atomic E-state index is 0.375. The van der Waals surface area contributed by atoms with E-state index in [1.165, 1.54) is 18.3 Å². The summed E-state index contributed by atoms with van der Waals surface area (Å²) in [6.45, 7) is 3.34. The van der Waals surface area contributed by atoms with Crippen molar-refractivity contribution in [1.29, 1.82) is 0 Å². The number of amides is 2. The molecule has 1 aromatic heterocycles. The normalized spacial score (nSPS) is 18.8. The van der Waals surface area contributed by atoms with Gasteiger partial charge in [-0.3, -0.25) is 14.9 Å². The molecule has 1 aliphatic rings. The first-order valence-electron chi connectivity index (χ1n) is 7.84. The highest BCUT2D eigenvalue weighted by molar-refractivity contribution is 7.22. The molecular formula is C18H14ClN3O3S. The molecule has 2 N–H and O–H groups in total. The molecule has 26 heavy (non-hydrogen) atoms. The molecule has 0 spiro atoms. The summed E-state index contributed by atoms with van der Waals surface area (Å²) in [7, 11) is 0. The van der Waals surface area contributed by atoms with Crippen LogP contribution in [0.15, 0.2) is 36.4 Å². The summed E-state index contributed by atoms with van der Waals surface area (Å²) < 4.78 is 6.59. The maximum atomic E-state index is 12.8. The van der Waals surface area contributed by atoms with E-state index in [1.54, 1.807) is 30.3 Å². The second-order valence-corrected chi connectivity index (χ2v) is 7.64. The zero-order valence-corrected chi connectivity index (χ0v) is 15.5. The van der Waals surface area contributed by atoms with Crippen LogP contribution in [0.5, 0.6) is 5.75 Å². The van der Waals surface area contributed by atoms with E-state index >= 15 is 0 Å². The Bertz CT molecular complexity index is 1070. The van der Waals surface area contributed by atoms with Crippen LogP contribution in [0.25, 0.3) is 10.2 Å². The number of ether oxygens (including phenoxy) is 1. The number of rotatable bonds is 2. The van der Waals surface area contributed by atoms with Crippen molar-refractivity contribution in [3.63, 3.8) is 0 Å². The lowest BCUT2D eigenvalue weighted by molar-refractivity contribution is -0.143. The largest absolute Gasteiger partial charge is 0.466 e. The molecule has 8 heteroatoms. The van der Waals surface area contributed by atoms with Crippen molar-refractivity contribution < 1.29 is 14.3 Å². The maximum Gasteiger partial charge on any atom is 0.280 e. The fraction of sp³-hybridized carbons (Fsp3) is 0.167. The molecule has 0 radical (unpaired) electrons. The Hall–Kier alpha value is -2.64. The summed E-state index contributed by atoms with van der Waals surface area (Å²) >= 11 is 7.25. The number of carbonyl (C=O) groups excluding carboxylic acids is 2. The molecule has 0 fully saturated rings. The lowest BCUT2D eigenvalue weighted by Gasteiger charge is -2.33. The van der Waals surface area contributed by atoms with Gasteiger partial charge in [-0.2, -0.15) is 0 Å². The van der Waals surface area contributed by atoms with Crippen molar-refractivity contribution in [1.82, 2.24) is 4.98 Å². The third kappa shape index (κ3) is 2.79. The van der Waals surface area contributed by atoms with Crippen molar-refractivity contribution >= 4 is 55.8 Å². The number of nitrogens with one attached hydrogen (secondary N) is 2. The van der Waals surface area contributed by atoms with E-state index in [4.69, 9.17) is 16.3 Å². The first kappa shape index (κ1) is 16.8. The molecule has 6 nitrogen and oxygen atoms in total. The standard InChI is InChI=1S/C18H14ClN3O3S/c1-9-3-6-13-12(7-9)20-15(23)18(2,25-13)16(24)22-17-21-11-5-4-10(19)8-14(11)26-17/h3-8H,1-2H3,(H,20,23)(H,21,22,24). The van der Waals surface area contributed by atoms with Crippen LogP contribution >= 0.6 is 22.9 Å². The number of aromatic nitrogens is 1. The number of anilines is 2. The van der Waals surface area contributed by atoms with Crippen molar-refractivity contribution in [3.8, 4) is 5.75 Å². The van der Waals surface area contributed by atoms with Gasteiger partial charge in [0.15, 0.2) is 5.13 Å². The zero-order chi connectivity index (χ0) is 18.5. The first-order chi connectivity index (χ1) is 12.3. The SMILES string of the molecule is Cc1ccc2c(c1)NC(=O)C(C)(C(=O)Nc1nc3ccc(Cl)cc3s1)O2. The Morgan fingerprint density at radius 1 is 1.31 bits per heavy atom. The number of thiazole rings is 1. The van der Waals surface area contributed by atoms with Crippen LogP contribution < -0.4 is 15.4 Å². The molecular weight excluding hydrogens is 374 g/mol. The average molecular weight is 388 g/mol. The van der Waals surface area contributed by atoms with E-state index in [0.717, 1.165) is 15.8 Å². The quantitative estimate of drug-likeness (QED) is 0.651. The van der Waals surface area contributed by atoms with Gasteiger partial charge in [0, 0.05) is 5.02 Å². The minimum atomic E-state index is -1.70. The summed E-state index contributed by atoms with van der Waals surface area (Å²) in [5.74, 6) is -0.674. The van der Waals surface area contributed by atoms with Gasteiger partial charge in [-0.15, -0.1) is 0 Å². The van der Waals surface area contributed by atoms with Crippen LogP contribution in [0.4, 0.5) is 10.8 Å². The van der Waals surface area contributed by atoms with Gasteiger partial charge >= 0.3 is 0 Å². The monoisotopic (exact) mass is 387 g/mol. The smallest absolute Gasteiger partial charge is 0.280 e.